The SMILES string of the molecule is CON=C1CCN(CC2CCCCN2C(=O)Cc2ccc(Cl)c(Cl)c2)C1.O=C(O)C=CC(=O)O. The summed E-state index contributed by atoms with van der Waals surface area (Å²) in [6.45, 7) is 3.54. The molecule has 0 bridgehead atoms. The molecule has 0 aliphatic carbocycles. The molecule has 1 aromatic rings. The third-order valence-corrected chi connectivity index (χ3v) is 6.21. The Balaban J connectivity index is 0.000000440. The van der Waals surface area contributed by atoms with Crippen molar-refractivity contribution in [2.24, 2.45) is 5.16 Å². The van der Waals surface area contributed by atoms with E-state index in [0.717, 1.165) is 56.7 Å². The number of rotatable bonds is 7. The van der Waals surface area contributed by atoms with E-state index in [1.807, 2.05) is 6.07 Å². The van der Waals surface area contributed by atoms with Gasteiger partial charge in [0.15, 0.2) is 0 Å². The molecule has 9 nitrogen and oxygen atoms in total. The van der Waals surface area contributed by atoms with Gasteiger partial charge in [0.1, 0.15) is 7.11 Å². The molecule has 1 atom stereocenters. The standard InChI is InChI=1S/C19H25Cl2N3O2.C4H4O4/c1-26-22-15-7-9-23(12-15)13-16-4-2-3-8-24(16)19(25)11-14-5-6-17(20)18(21)10-14;5-3(6)1-2-4(7)8/h5-6,10,16H,2-4,7-9,11-13H2,1H3;1-2H,(H,5,6)(H,7,8). The van der Waals surface area contributed by atoms with Crippen molar-refractivity contribution in [1.29, 1.82) is 0 Å². The Labute approximate surface area is 208 Å². The molecule has 2 fully saturated rings. The first-order valence-electron chi connectivity index (χ1n) is 10.9. The van der Waals surface area contributed by atoms with E-state index in [-0.39, 0.29) is 11.9 Å². The predicted octanol–water partition coefficient (Wildman–Crippen LogP) is 3.34. The molecule has 11 heteroatoms. The van der Waals surface area contributed by atoms with Gasteiger partial charge in [0.25, 0.3) is 0 Å². The summed E-state index contributed by atoms with van der Waals surface area (Å²) in [7, 11) is 1.58. The summed E-state index contributed by atoms with van der Waals surface area (Å²) in [6.07, 6.45) is 5.72. The molecule has 1 amide bonds. The van der Waals surface area contributed by atoms with E-state index < -0.39 is 11.9 Å². The normalized spacial score (nSPS) is 19.7. The van der Waals surface area contributed by atoms with Crippen LogP contribution in [-0.2, 0) is 25.6 Å². The van der Waals surface area contributed by atoms with Crippen LogP contribution < -0.4 is 0 Å². The van der Waals surface area contributed by atoms with Crippen LogP contribution in [0.3, 0.4) is 0 Å². The zero-order valence-electron chi connectivity index (χ0n) is 19.0. The second-order valence-corrected chi connectivity index (χ2v) is 8.81. The first-order chi connectivity index (χ1) is 16.2. The van der Waals surface area contributed by atoms with Crippen molar-refractivity contribution in [2.45, 2.75) is 38.1 Å². The van der Waals surface area contributed by atoms with E-state index in [1.54, 1.807) is 19.2 Å². The van der Waals surface area contributed by atoms with Crippen molar-refractivity contribution in [3.8, 4) is 0 Å². The summed E-state index contributed by atoms with van der Waals surface area (Å²) in [5, 5.41) is 20.7. The van der Waals surface area contributed by atoms with Gasteiger partial charge in [-0.05, 0) is 37.0 Å². The summed E-state index contributed by atoms with van der Waals surface area (Å²) < 4.78 is 0. The van der Waals surface area contributed by atoms with Gasteiger partial charge < -0.3 is 20.0 Å². The lowest BCUT2D eigenvalue weighted by Crippen LogP contribution is -2.49. The third kappa shape index (κ3) is 9.32. The lowest BCUT2D eigenvalue weighted by Gasteiger charge is -2.38. The third-order valence-electron chi connectivity index (χ3n) is 5.47. The van der Waals surface area contributed by atoms with E-state index in [9.17, 15) is 14.4 Å². The molecule has 0 aromatic heterocycles. The highest BCUT2D eigenvalue weighted by Gasteiger charge is 2.30. The van der Waals surface area contributed by atoms with Crippen LogP contribution in [0.15, 0.2) is 35.5 Å². The summed E-state index contributed by atoms with van der Waals surface area (Å²) in [4.78, 5) is 41.3. The Kier molecular flexibility index (Phi) is 11.3. The lowest BCUT2D eigenvalue weighted by molar-refractivity contribution is -0.134. The molecular weight excluding hydrogens is 485 g/mol. The number of benzene rings is 1. The Morgan fingerprint density at radius 1 is 1.12 bits per heavy atom. The first-order valence-corrected chi connectivity index (χ1v) is 11.6. The topological polar surface area (TPSA) is 120 Å². The summed E-state index contributed by atoms with van der Waals surface area (Å²) >= 11 is 12.0. The maximum Gasteiger partial charge on any atom is 0.328 e. The number of carboxylic acids is 2. The highest BCUT2D eigenvalue weighted by Crippen LogP contribution is 2.25. The van der Waals surface area contributed by atoms with E-state index >= 15 is 0 Å². The number of oxime groups is 1. The molecule has 2 aliphatic heterocycles. The van der Waals surface area contributed by atoms with E-state index in [1.165, 1.54) is 6.42 Å². The fraction of sp³-hybridized carbons (Fsp3) is 0.478. The van der Waals surface area contributed by atoms with Crippen LogP contribution >= 0.6 is 23.2 Å². The second-order valence-electron chi connectivity index (χ2n) is 8.00. The minimum absolute atomic E-state index is 0.165. The van der Waals surface area contributed by atoms with Gasteiger partial charge in [0, 0.05) is 50.8 Å². The molecular formula is C23H29Cl2N3O6. The van der Waals surface area contributed by atoms with Crippen molar-refractivity contribution in [3.63, 3.8) is 0 Å². The van der Waals surface area contributed by atoms with Gasteiger partial charge in [0.2, 0.25) is 5.91 Å². The average Bonchev–Trinajstić information content (AvgIpc) is 3.23. The van der Waals surface area contributed by atoms with Crippen LogP contribution in [0.4, 0.5) is 0 Å². The number of carboxylic acid groups (broad SMARTS) is 2. The van der Waals surface area contributed by atoms with Gasteiger partial charge in [-0.25, -0.2) is 9.59 Å². The number of piperidine rings is 1. The molecule has 2 heterocycles. The summed E-state index contributed by atoms with van der Waals surface area (Å²) in [5.41, 5.74) is 1.99. The minimum atomic E-state index is -1.26. The average molecular weight is 514 g/mol. The van der Waals surface area contributed by atoms with Crippen molar-refractivity contribution < 1.29 is 29.4 Å². The maximum absolute atomic E-state index is 12.9. The molecule has 2 saturated heterocycles. The van der Waals surface area contributed by atoms with Crippen LogP contribution in [0.1, 0.15) is 31.2 Å². The van der Waals surface area contributed by atoms with Crippen molar-refractivity contribution in [2.75, 3.05) is 33.3 Å². The number of hydrogen-bond donors (Lipinski definition) is 2. The predicted molar refractivity (Wildman–Crippen MR) is 129 cm³/mol. The van der Waals surface area contributed by atoms with Gasteiger partial charge in [-0.15, -0.1) is 0 Å². The van der Waals surface area contributed by atoms with Crippen LogP contribution in [0.5, 0.6) is 0 Å². The van der Waals surface area contributed by atoms with E-state index in [4.69, 9.17) is 38.3 Å². The molecule has 0 radical (unpaired) electrons. The summed E-state index contributed by atoms with van der Waals surface area (Å²) in [5.74, 6) is -2.35. The van der Waals surface area contributed by atoms with Crippen LogP contribution in [0.2, 0.25) is 10.0 Å². The Bertz CT molecular complexity index is 921. The lowest BCUT2D eigenvalue weighted by atomic mass is 10.00. The van der Waals surface area contributed by atoms with Crippen LogP contribution in [0.25, 0.3) is 0 Å². The van der Waals surface area contributed by atoms with Gasteiger partial charge in [-0.1, -0.05) is 34.4 Å². The Morgan fingerprint density at radius 2 is 1.82 bits per heavy atom. The smallest absolute Gasteiger partial charge is 0.328 e. The molecule has 2 N–H and O–H groups in total. The number of carbonyl (C=O) groups is 3. The fourth-order valence-electron chi connectivity index (χ4n) is 3.95. The quantitative estimate of drug-likeness (QED) is 0.423. The molecule has 0 saturated carbocycles. The zero-order chi connectivity index (χ0) is 25.1. The molecule has 1 unspecified atom stereocenters. The van der Waals surface area contributed by atoms with Crippen molar-refractivity contribution in [1.82, 2.24) is 9.80 Å². The second kappa shape index (κ2) is 13.9. The molecule has 0 spiro atoms. The number of halogens is 2. The van der Waals surface area contributed by atoms with Crippen molar-refractivity contribution >= 4 is 46.8 Å². The van der Waals surface area contributed by atoms with E-state index in [2.05, 4.69) is 15.0 Å². The Morgan fingerprint density at radius 3 is 2.44 bits per heavy atom. The van der Waals surface area contributed by atoms with Crippen LogP contribution in [-0.4, -0.2) is 82.9 Å². The van der Waals surface area contributed by atoms with Crippen LogP contribution in [0, 0.1) is 0 Å². The number of amides is 1. The molecule has 34 heavy (non-hydrogen) atoms. The van der Waals surface area contributed by atoms with E-state index in [0.29, 0.717) is 28.6 Å². The molecule has 3 rings (SSSR count). The number of aliphatic carboxylic acids is 2. The molecule has 186 valence electrons. The minimum Gasteiger partial charge on any atom is -0.478 e. The maximum atomic E-state index is 12.9. The van der Waals surface area contributed by atoms with Gasteiger partial charge in [0.05, 0.1) is 22.2 Å². The number of nitrogens with zero attached hydrogens (tertiary/aromatic N) is 3. The zero-order valence-corrected chi connectivity index (χ0v) is 20.5. The number of carbonyl (C=O) groups excluding carboxylic acids is 1. The monoisotopic (exact) mass is 513 g/mol. The van der Waals surface area contributed by atoms with Crippen molar-refractivity contribution in [3.05, 3.63) is 46.0 Å². The van der Waals surface area contributed by atoms with Gasteiger partial charge in [-0.3, -0.25) is 9.69 Å². The molecule has 1 aromatic carbocycles. The fourth-order valence-corrected chi connectivity index (χ4v) is 4.27. The number of likely N-dealkylation sites (tertiary alicyclic amines) is 2. The highest BCUT2D eigenvalue weighted by atomic mass is 35.5. The largest absolute Gasteiger partial charge is 0.478 e. The highest BCUT2D eigenvalue weighted by molar-refractivity contribution is 6.42. The summed E-state index contributed by atoms with van der Waals surface area (Å²) in [6, 6.07) is 5.68. The number of hydrogen-bond acceptors (Lipinski definition) is 6. The van der Waals surface area contributed by atoms with Gasteiger partial charge >= 0.3 is 11.9 Å². The Hall–Kier alpha value is -2.62. The first kappa shape index (κ1) is 27.6. The molecule has 2 aliphatic rings. The van der Waals surface area contributed by atoms with Gasteiger partial charge in [-0.2, -0.15) is 0 Å².